The summed E-state index contributed by atoms with van der Waals surface area (Å²) in [4.78, 5) is 4.37. The second kappa shape index (κ2) is 4.18. The third-order valence-corrected chi connectivity index (χ3v) is 3.88. The third kappa shape index (κ3) is 1.99. The van der Waals surface area contributed by atoms with Crippen molar-refractivity contribution in [1.82, 2.24) is 19.9 Å². The first-order valence-electron chi connectivity index (χ1n) is 6.84. The van der Waals surface area contributed by atoms with E-state index < -0.39 is 0 Å². The number of rotatable bonds is 3. The number of nitrogens with zero attached hydrogens (tertiary/aromatic N) is 4. The largest absolute Gasteiger partial charge is 0.504 e. The second-order valence-electron chi connectivity index (χ2n) is 5.63. The zero-order chi connectivity index (χ0) is 14.4. The Bertz CT molecular complexity index is 787. The monoisotopic (exact) mass is 282 g/mol. The van der Waals surface area contributed by atoms with Gasteiger partial charge in [0.2, 0.25) is 0 Å². The molecule has 3 aromatic rings. The van der Waals surface area contributed by atoms with Gasteiger partial charge in [-0.25, -0.2) is 4.68 Å². The standard InChI is InChI=1S/C15H14N4O2/c1-15(7-8-15)14-16-13(21-18-14)12-11(20)9-19(17-12)10-5-3-2-4-6-10/h2-6,9,20H,7-8H2,1H3. The Hall–Kier alpha value is -2.63. The smallest absolute Gasteiger partial charge is 0.282 e. The molecule has 106 valence electrons. The molecular formula is C15H14N4O2. The van der Waals surface area contributed by atoms with Crippen LogP contribution in [0.4, 0.5) is 0 Å². The van der Waals surface area contributed by atoms with Crippen LogP contribution in [0.1, 0.15) is 25.6 Å². The minimum Gasteiger partial charge on any atom is -0.504 e. The molecule has 0 radical (unpaired) electrons. The SMILES string of the molecule is CC1(c2noc(-c3nn(-c4ccccc4)cc3O)n2)CC1. The molecular weight excluding hydrogens is 268 g/mol. The van der Waals surface area contributed by atoms with E-state index in [1.165, 1.54) is 6.20 Å². The van der Waals surface area contributed by atoms with Crippen LogP contribution in [-0.2, 0) is 5.41 Å². The fourth-order valence-corrected chi connectivity index (χ4v) is 2.21. The summed E-state index contributed by atoms with van der Waals surface area (Å²) in [5.74, 6) is 0.964. The fourth-order valence-electron chi connectivity index (χ4n) is 2.21. The molecule has 1 aromatic carbocycles. The van der Waals surface area contributed by atoms with E-state index >= 15 is 0 Å². The van der Waals surface area contributed by atoms with Crippen molar-refractivity contribution in [3.63, 3.8) is 0 Å². The highest BCUT2D eigenvalue weighted by molar-refractivity contribution is 5.57. The van der Waals surface area contributed by atoms with Crippen molar-refractivity contribution in [2.45, 2.75) is 25.2 Å². The van der Waals surface area contributed by atoms with E-state index in [0.717, 1.165) is 18.5 Å². The number of hydrogen-bond donors (Lipinski definition) is 1. The maximum atomic E-state index is 10.1. The molecule has 0 amide bonds. The maximum Gasteiger partial charge on any atom is 0.282 e. The average molecular weight is 282 g/mol. The molecule has 1 aliphatic carbocycles. The Morgan fingerprint density at radius 1 is 1.24 bits per heavy atom. The van der Waals surface area contributed by atoms with E-state index in [1.807, 2.05) is 30.3 Å². The highest BCUT2D eigenvalue weighted by atomic mass is 16.5. The number of aromatic hydroxyl groups is 1. The number of benzene rings is 1. The molecule has 6 nitrogen and oxygen atoms in total. The van der Waals surface area contributed by atoms with Gasteiger partial charge in [-0.15, -0.1) is 0 Å². The van der Waals surface area contributed by atoms with Gasteiger partial charge in [0.1, 0.15) is 0 Å². The van der Waals surface area contributed by atoms with Gasteiger partial charge in [0.05, 0.1) is 11.9 Å². The predicted molar refractivity (Wildman–Crippen MR) is 75.1 cm³/mol. The molecule has 1 fully saturated rings. The lowest BCUT2D eigenvalue weighted by Gasteiger charge is -1.98. The van der Waals surface area contributed by atoms with Crippen LogP contribution >= 0.6 is 0 Å². The molecule has 0 aliphatic heterocycles. The van der Waals surface area contributed by atoms with Crippen molar-refractivity contribution in [3.8, 4) is 23.0 Å². The minimum absolute atomic E-state index is 0.0232. The summed E-state index contributed by atoms with van der Waals surface area (Å²) in [6.07, 6.45) is 3.67. The van der Waals surface area contributed by atoms with Crippen LogP contribution in [0.3, 0.4) is 0 Å². The quantitative estimate of drug-likeness (QED) is 0.799. The van der Waals surface area contributed by atoms with Crippen LogP contribution < -0.4 is 0 Å². The molecule has 6 heteroatoms. The molecule has 0 saturated heterocycles. The third-order valence-electron chi connectivity index (χ3n) is 3.88. The number of hydrogen-bond acceptors (Lipinski definition) is 5. The molecule has 0 spiro atoms. The fraction of sp³-hybridized carbons (Fsp3) is 0.267. The molecule has 0 unspecified atom stereocenters. The van der Waals surface area contributed by atoms with Gasteiger partial charge < -0.3 is 9.63 Å². The van der Waals surface area contributed by atoms with Crippen molar-refractivity contribution < 1.29 is 9.63 Å². The van der Waals surface area contributed by atoms with Gasteiger partial charge in [0.25, 0.3) is 5.89 Å². The first kappa shape index (κ1) is 12.1. The van der Waals surface area contributed by atoms with Gasteiger partial charge in [0.15, 0.2) is 17.3 Å². The van der Waals surface area contributed by atoms with E-state index in [1.54, 1.807) is 4.68 Å². The van der Waals surface area contributed by atoms with Crippen LogP contribution in [0, 0.1) is 0 Å². The topological polar surface area (TPSA) is 77.0 Å². The number of para-hydroxylation sites is 1. The summed E-state index contributed by atoms with van der Waals surface area (Å²) < 4.78 is 6.84. The zero-order valence-electron chi connectivity index (χ0n) is 11.5. The predicted octanol–water partition coefficient (Wildman–Crippen LogP) is 2.68. The average Bonchev–Trinajstić information content (AvgIpc) is 2.93. The van der Waals surface area contributed by atoms with Crippen LogP contribution in [0.5, 0.6) is 5.75 Å². The zero-order valence-corrected chi connectivity index (χ0v) is 11.5. The Balaban J connectivity index is 1.72. The van der Waals surface area contributed by atoms with Gasteiger partial charge in [-0.2, -0.15) is 10.1 Å². The highest BCUT2D eigenvalue weighted by Crippen LogP contribution is 2.46. The van der Waals surface area contributed by atoms with E-state index in [4.69, 9.17) is 4.52 Å². The first-order chi connectivity index (χ1) is 10.2. The Labute approximate surface area is 121 Å². The van der Waals surface area contributed by atoms with Crippen molar-refractivity contribution in [1.29, 1.82) is 0 Å². The molecule has 4 rings (SSSR count). The van der Waals surface area contributed by atoms with Crippen LogP contribution in [0.25, 0.3) is 17.3 Å². The Morgan fingerprint density at radius 2 is 2.00 bits per heavy atom. The normalized spacial score (nSPS) is 16.0. The molecule has 1 aliphatic rings. The van der Waals surface area contributed by atoms with Crippen molar-refractivity contribution in [2.75, 3.05) is 0 Å². The summed E-state index contributed by atoms with van der Waals surface area (Å²) in [6, 6.07) is 9.55. The van der Waals surface area contributed by atoms with Gasteiger partial charge >= 0.3 is 0 Å². The Morgan fingerprint density at radius 3 is 2.71 bits per heavy atom. The van der Waals surface area contributed by atoms with E-state index in [2.05, 4.69) is 22.2 Å². The lowest BCUT2D eigenvalue weighted by molar-refractivity contribution is 0.410. The van der Waals surface area contributed by atoms with Crippen LogP contribution in [0.2, 0.25) is 0 Å². The molecule has 2 aromatic heterocycles. The van der Waals surface area contributed by atoms with E-state index in [9.17, 15) is 5.11 Å². The minimum atomic E-state index is 0.0232. The summed E-state index contributed by atoms with van der Waals surface area (Å²) in [6.45, 7) is 2.10. The molecule has 21 heavy (non-hydrogen) atoms. The summed E-state index contributed by atoms with van der Waals surface area (Å²) in [5.41, 5.74) is 1.19. The highest BCUT2D eigenvalue weighted by Gasteiger charge is 2.43. The molecule has 1 saturated carbocycles. The van der Waals surface area contributed by atoms with Gasteiger partial charge in [-0.3, -0.25) is 0 Å². The van der Waals surface area contributed by atoms with Crippen molar-refractivity contribution >= 4 is 0 Å². The van der Waals surface area contributed by atoms with E-state index in [0.29, 0.717) is 11.5 Å². The van der Waals surface area contributed by atoms with Gasteiger partial charge in [-0.05, 0) is 25.0 Å². The van der Waals surface area contributed by atoms with Gasteiger partial charge in [-0.1, -0.05) is 30.3 Å². The molecule has 0 bridgehead atoms. The number of aromatic nitrogens is 4. The lowest BCUT2D eigenvalue weighted by atomic mass is 10.1. The second-order valence-corrected chi connectivity index (χ2v) is 5.63. The lowest BCUT2D eigenvalue weighted by Crippen LogP contribution is -2.01. The maximum absolute atomic E-state index is 10.1. The van der Waals surface area contributed by atoms with Crippen LogP contribution in [0.15, 0.2) is 41.1 Å². The summed E-state index contributed by atoms with van der Waals surface area (Å²) in [5, 5.41) is 18.4. The molecule has 2 heterocycles. The van der Waals surface area contributed by atoms with Crippen LogP contribution in [-0.4, -0.2) is 25.0 Å². The van der Waals surface area contributed by atoms with Crippen molar-refractivity contribution in [2.24, 2.45) is 0 Å². The first-order valence-corrected chi connectivity index (χ1v) is 6.84. The van der Waals surface area contributed by atoms with E-state index in [-0.39, 0.29) is 17.1 Å². The summed E-state index contributed by atoms with van der Waals surface area (Å²) >= 11 is 0. The van der Waals surface area contributed by atoms with Crippen molar-refractivity contribution in [3.05, 3.63) is 42.4 Å². The molecule has 0 atom stereocenters. The Kier molecular flexibility index (Phi) is 2.42. The van der Waals surface area contributed by atoms with Gasteiger partial charge in [0, 0.05) is 5.41 Å². The molecule has 1 N–H and O–H groups in total. The summed E-state index contributed by atoms with van der Waals surface area (Å²) in [7, 11) is 0.